The van der Waals surface area contributed by atoms with Crippen LogP contribution in [-0.4, -0.2) is 20.9 Å². The van der Waals surface area contributed by atoms with Crippen LogP contribution >= 0.6 is 23.8 Å². The Hall–Kier alpha value is -3.11. The van der Waals surface area contributed by atoms with E-state index in [0.29, 0.717) is 11.3 Å². The zero-order valence-corrected chi connectivity index (χ0v) is 15.7. The van der Waals surface area contributed by atoms with Gasteiger partial charge in [-0.25, -0.2) is 0 Å². The molecule has 0 aliphatic carbocycles. The van der Waals surface area contributed by atoms with Gasteiger partial charge in [-0.15, -0.1) is 0 Å². The number of nitrogens with one attached hydrogen (secondary N) is 2. The van der Waals surface area contributed by atoms with Gasteiger partial charge in [0.05, 0.1) is 9.85 Å². The van der Waals surface area contributed by atoms with Crippen molar-refractivity contribution in [3.8, 4) is 0 Å². The number of hydrogen-bond donors (Lipinski definition) is 2. The molecule has 2 aromatic rings. The first-order valence-corrected chi connectivity index (χ1v) is 8.21. The summed E-state index contributed by atoms with van der Waals surface area (Å²) in [4.78, 5) is 33.0. The molecule has 140 valence electrons. The maximum absolute atomic E-state index is 12.4. The minimum absolute atomic E-state index is 0.0843. The summed E-state index contributed by atoms with van der Waals surface area (Å²) in [6.45, 7) is 3.07. The maximum atomic E-state index is 12.4. The Morgan fingerprint density at radius 3 is 2.33 bits per heavy atom. The number of rotatable bonds is 4. The van der Waals surface area contributed by atoms with E-state index in [0.717, 1.165) is 0 Å². The second-order valence-electron chi connectivity index (χ2n) is 5.49. The van der Waals surface area contributed by atoms with E-state index in [1.165, 1.54) is 37.3 Å². The van der Waals surface area contributed by atoms with Crippen LogP contribution in [0.2, 0.25) is 5.02 Å². The molecule has 2 rings (SSSR count). The molecule has 0 aliphatic heterocycles. The van der Waals surface area contributed by atoms with E-state index in [4.69, 9.17) is 23.8 Å². The highest BCUT2D eigenvalue weighted by Gasteiger charge is 2.19. The van der Waals surface area contributed by atoms with Gasteiger partial charge in [0.25, 0.3) is 17.3 Å². The van der Waals surface area contributed by atoms with Crippen molar-refractivity contribution in [3.05, 3.63) is 72.3 Å². The zero-order chi connectivity index (χ0) is 20.3. The average molecular weight is 409 g/mol. The lowest BCUT2D eigenvalue weighted by Gasteiger charge is -2.13. The van der Waals surface area contributed by atoms with Gasteiger partial charge in [-0.05, 0) is 43.8 Å². The second kappa shape index (κ2) is 8.06. The number of nitrogens with zero attached hydrogens (tertiary/aromatic N) is 2. The molecule has 2 aromatic carbocycles. The predicted octanol–water partition coefficient (Wildman–Crippen LogP) is 3.90. The van der Waals surface area contributed by atoms with Crippen molar-refractivity contribution in [1.82, 2.24) is 5.32 Å². The number of benzene rings is 2. The minimum Gasteiger partial charge on any atom is -0.332 e. The molecule has 0 unspecified atom stereocenters. The van der Waals surface area contributed by atoms with E-state index in [9.17, 15) is 25.0 Å². The number of thiocarbonyl (C=S) groups is 1. The van der Waals surface area contributed by atoms with E-state index in [-0.39, 0.29) is 32.6 Å². The lowest BCUT2D eigenvalue weighted by Crippen LogP contribution is -2.34. The fourth-order valence-corrected chi connectivity index (χ4v) is 2.77. The largest absolute Gasteiger partial charge is 0.332 e. The number of carbonyl (C=O) groups excluding carboxylic acids is 1. The van der Waals surface area contributed by atoms with Gasteiger partial charge in [-0.1, -0.05) is 17.7 Å². The van der Waals surface area contributed by atoms with E-state index in [1.54, 1.807) is 6.92 Å². The molecule has 0 saturated carbocycles. The summed E-state index contributed by atoms with van der Waals surface area (Å²) < 4.78 is 0. The van der Waals surface area contributed by atoms with Gasteiger partial charge < -0.3 is 5.32 Å². The quantitative estimate of drug-likeness (QED) is 0.446. The van der Waals surface area contributed by atoms with E-state index < -0.39 is 15.8 Å². The van der Waals surface area contributed by atoms with E-state index >= 15 is 0 Å². The van der Waals surface area contributed by atoms with Crippen LogP contribution in [0.3, 0.4) is 0 Å². The van der Waals surface area contributed by atoms with Gasteiger partial charge in [0.2, 0.25) is 0 Å². The Labute approximate surface area is 163 Å². The molecule has 0 spiro atoms. The predicted molar refractivity (Wildman–Crippen MR) is 104 cm³/mol. The molecule has 11 heteroatoms. The molecule has 0 heterocycles. The zero-order valence-electron chi connectivity index (χ0n) is 14.1. The van der Waals surface area contributed by atoms with Crippen molar-refractivity contribution >= 4 is 51.9 Å². The SMILES string of the molecule is Cc1cc([N+](=O)[O-])c(Cl)cc1NC(=S)NC(=O)c1cccc([N+](=O)[O-])c1C. The second-order valence-corrected chi connectivity index (χ2v) is 6.31. The monoisotopic (exact) mass is 408 g/mol. The Morgan fingerprint density at radius 2 is 1.74 bits per heavy atom. The third-order valence-corrected chi connectivity index (χ3v) is 4.22. The number of nitro groups is 2. The van der Waals surface area contributed by atoms with Crippen LogP contribution < -0.4 is 10.6 Å². The Balaban J connectivity index is 2.18. The van der Waals surface area contributed by atoms with Gasteiger partial charge in [-0.2, -0.15) is 0 Å². The summed E-state index contributed by atoms with van der Waals surface area (Å²) in [6.07, 6.45) is 0. The number of carbonyl (C=O) groups is 1. The highest BCUT2D eigenvalue weighted by molar-refractivity contribution is 7.80. The highest BCUT2D eigenvalue weighted by atomic mass is 35.5. The Bertz CT molecular complexity index is 980. The fourth-order valence-electron chi connectivity index (χ4n) is 2.33. The summed E-state index contributed by atoms with van der Waals surface area (Å²) in [5.74, 6) is -0.626. The fraction of sp³-hybridized carbons (Fsp3) is 0.125. The summed E-state index contributed by atoms with van der Waals surface area (Å²) >= 11 is 10.9. The first kappa shape index (κ1) is 20.2. The van der Waals surface area contributed by atoms with E-state index in [2.05, 4.69) is 10.6 Å². The van der Waals surface area contributed by atoms with Gasteiger partial charge in [-0.3, -0.25) is 30.3 Å². The van der Waals surface area contributed by atoms with Gasteiger partial charge >= 0.3 is 0 Å². The van der Waals surface area contributed by atoms with Crippen molar-refractivity contribution < 1.29 is 14.6 Å². The number of hydrogen-bond acceptors (Lipinski definition) is 6. The minimum atomic E-state index is -0.626. The smallest absolute Gasteiger partial charge is 0.288 e. The summed E-state index contributed by atoms with van der Waals surface area (Å²) in [5.41, 5.74) is 0.756. The molecule has 0 saturated heterocycles. The van der Waals surface area contributed by atoms with Crippen LogP contribution in [0.15, 0.2) is 30.3 Å². The molecule has 0 fully saturated rings. The van der Waals surface area contributed by atoms with Crippen molar-refractivity contribution in [2.75, 3.05) is 5.32 Å². The summed E-state index contributed by atoms with van der Waals surface area (Å²) in [7, 11) is 0. The molecule has 0 aromatic heterocycles. The Morgan fingerprint density at radius 1 is 1.11 bits per heavy atom. The average Bonchev–Trinajstić information content (AvgIpc) is 2.57. The Kier molecular flexibility index (Phi) is 6.03. The first-order chi connectivity index (χ1) is 12.6. The van der Waals surface area contributed by atoms with Crippen molar-refractivity contribution in [3.63, 3.8) is 0 Å². The highest BCUT2D eigenvalue weighted by Crippen LogP contribution is 2.30. The van der Waals surface area contributed by atoms with Crippen molar-refractivity contribution in [2.24, 2.45) is 0 Å². The molecule has 0 radical (unpaired) electrons. The molecule has 9 nitrogen and oxygen atoms in total. The van der Waals surface area contributed by atoms with Crippen LogP contribution in [0.5, 0.6) is 0 Å². The standard InChI is InChI=1S/C16H13ClN4O5S/c1-8-6-14(21(25)26)11(17)7-12(8)18-16(27)19-15(22)10-4-3-5-13(9(10)2)20(23)24/h3-7H,1-2H3,(H2,18,19,22,27). The number of halogens is 1. The number of nitro benzene ring substituents is 2. The summed E-state index contributed by atoms with van der Waals surface area (Å²) in [5, 5.41) is 26.8. The maximum Gasteiger partial charge on any atom is 0.288 e. The molecular formula is C16H13ClN4O5S. The molecule has 1 amide bonds. The van der Waals surface area contributed by atoms with Crippen LogP contribution in [0.1, 0.15) is 21.5 Å². The number of anilines is 1. The van der Waals surface area contributed by atoms with Gasteiger partial charge in [0.15, 0.2) is 5.11 Å². The van der Waals surface area contributed by atoms with Gasteiger partial charge in [0, 0.05) is 28.9 Å². The van der Waals surface area contributed by atoms with Crippen LogP contribution in [0.4, 0.5) is 17.1 Å². The molecule has 27 heavy (non-hydrogen) atoms. The number of amides is 1. The summed E-state index contributed by atoms with van der Waals surface area (Å²) in [6, 6.07) is 6.74. The lowest BCUT2D eigenvalue weighted by molar-refractivity contribution is -0.385. The van der Waals surface area contributed by atoms with E-state index in [1.807, 2.05) is 0 Å². The normalized spacial score (nSPS) is 10.2. The van der Waals surface area contributed by atoms with Crippen LogP contribution in [0, 0.1) is 34.1 Å². The molecular weight excluding hydrogens is 396 g/mol. The van der Waals surface area contributed by atoms with Gasteiger partial charge in [0.1, 0.15) is 5.02 Å². The third kappa shape index (κ3) is 4.54. The molecule has 0 bridgehead atoms. The van der Waals surface area contributed by atoms with Crippen LogP contribution in [0.25, 0.3) is 0 Å². The van der Waals surface area contributed by atoms with Crippen molar-refractivity contribution in [1.29, 1.82) is 0 Å². The molecule has 2 N–H and O–H groups in total. The van der Waals surface area contributed by atoms with Crippen LogP contribution in [-0.2, 0) is 0 Å². The first-order valence-electron chi connectivity index (χ1n) is 7.42. The lowest BCUT2D eigenvalue weighted by atomic mass is 10.1. The van der Waals surface area contributed by atoms with Crippen molar-refractivity contribution in [2.45, 2.75) is 13.8 Å². The topological polar surface area (TPSA) is 127 Å². The number of aryl methyl sites for hydroxylation is 1. The molecule has 0 atom stereocenters. The third-order valence-electron chi connectivity index (χ3n) is 3.71. The molecule has 0 aliphatic rings.